The van der Waals surface area contributed by atoms with Gasteiger partial charge >= 0.3 is 11.9 Å². The summed E-state index contributed by atoms with van der Waals surface area (Å²) >= 11 is 1.27. The van der Waals surface area contributed by atoms with Crippen molar-refractivity contribution in [2.24, 2.45) is 17.1 Å². The summed E-state index contributed by atoms with van der Waals surface area (Å²) in [6.45, 7) is 6.11. The molecule has 0 aromatic heterocycles. The molecule has 1 fully saturated rings. The molecular weight excluding hydrogens is 336 g/mol. The molecule has 1 saturated heterocycles. The van der Waals surface area contributed by atoms with Gasteiger partial charge in [-0.05, 0) is 27.7 Å². The van der Waals surface area contributed by atoms with E-state index in [1.807, 2.05) is 0 Å². The number of aliphatic hydroxyl groups is 1. The van der Waals surface area contributed by atoms with Gasteiger partial charge in [0.15, 0.2) is 0 Å². The van der Waals surface area contributed by atoms with Crippen molar-refractivity contribution >= 4 is 29.6 Å². The number of ether oxygens (including phenoxy) is 2. The summed E-state index contributed by atoms with van der Waals surface area (Å²) in [5.41, 5.74) is 5.01. The summed E-state index contributed by atoms with van der Waals surface area (Å²) < 4.78 is 9.84. The van der Waals surface area contributed by atoms with Crippen LogP contribution in [0.15, 0.2) is 10.6 Å². The zero-order chi connectivity index (χ0) is 18.2. The number of rotatable bonds is 5. The molecule has 134 valence electrons. The summed E-state index contributed by atoms with van der Waals surface area (Å²) in [5, 5.41) is 9.32. The number of carbonyl (C=O) groups is 3. The largest absolute Gasteiger partial charge is 0.427 e. The van der Waals surface area contributed by atoms with Crippen molar-refractivity contribution < 1.29 is 29.0 Å². The van der Waals surface area contributed by atoms with Crippen molar-refractivity contribution in [3.63, 3.8) is 0 Å². The van der Waals surface area contributed by atoms with E-state index in [-0.39, 0.29) is 23.5 Å². The molecule has 9 heteroatoms. The molecule has 24 heavy (non-hydrogen) atoms. The first-order valence-electron chi connectivity index (χ1n) is 7.55. The normalized spacial score (nSPS) is 24.4. The molecule has 0 aliphatic carbocycles. The van der Waals surface area contributed by atoms with E-state index in [4.69, 9.17) is 15.2 Å². The molecule has 2 rings (SSSR count). The molecule has 3 N–H and O–H groups in total. The lowest BCUT2D eigenvalue weighted by Gasteiger charge is -2.43. The lowest BCUT2D eigenvalue weighted by Crippen LogP contribution is -2.60. The van der Waals surface area contributed by atoms with Crippen LogP contribution in [0.2, 0.25) is 0 Å². The van der Waals surface area contributed by atoms with Crippen LogP contribution in [-0.4, -0.2) is 52.7 Å². The van der Waals surface area contributed by atoms with Gasteiger partial charge in [-0.25, -0.2) is 4.79 Å². The topological polar surface area (TPSA) is 119 Å². The van der Waals surface area contributed by atoms with Crippen LogP contribution >= 0.6 is 11.8 Å². The Hall–Kier alpha value is -1.58. The average Bonchev–Trinajstić information content (AvgIpc) is 2.79. The molecule has 2 aliphatic rings. The third-order valence-corrected chi connectivity index (χ3v) is 5.13. The lowest BCUT2D eigenvalue weighted by molar-refractivity contribution is -0.174. The quantitative estimate of drug-likeness (QED) is 0.405. The molecule has 2 heterocycles. The van der Waals surface area contributed by atoms with Crippen LogP contribution in [-0.2, 0) is 23.9 Å². The van der Waals surface area contributed by atoms with Gasteiger partial charge in [0, 0.05) is 11.4 Å². The van der Waals surface area contributed by atoms with E-state index in [9.17, 15) is 19.5 Å². The van der Waals surface area contributed by atoms with Crippen LogP contribution in [0.3, 0.4) is 0 Å². The van der Waals surface area contributed by atoms with Gasteiger partial charge in [0.2, 0.25) is 12.7 Å². The molecule has 8 nitrogen and oxygen atoms in total. The summed E-state index contributed by atoms with van der Waals surface area (Å²) in [6.07, 6.45) is -0.812. The highest BCUT2D eigenvalue weighted by atomic mass is 32.2. The van der Waals surface area contributed by atoms with E-state index in [1.54, 1.807) is 20.8 Å². The smallest absolute Gasteiger partial charge is 0.358 e. The van der Waals surface area contributed by atoms with E-state index in [0.717, 1.165) is 0 Å². The Balaban J connectivity index is 2.01. The van der Waals surface area contributed by atoms with Gasteiger partial charge in [-0.2, -0.15) is 0 Å². The number of aliphatic hydroxyl groups excluding tert-OH is 1. The van der Waals surface area contributed by atoms with Gasteiger partial charge in [0.1, 0.15) is 11.1 Å². The monoisotopic (exact) mass is 358 g/mol. The zero-order valence-corrected chi connectivity index (χ0v) is 14.9. The van der Waals surface area contributed by atoms with Gasteiger partial charge in [-0.15, -0.1) is 11.8 Å². The van der Waals surface area contributed by atoms with Crippen molar-refractivity contribution in [2.45, 2.75) is 39.2 Å². The Labute approximate surface area is 144 Å². The molecule has 0 bridgehead atoms. The highest BCUT2D eigenvalue weighted by Crippen LogP contribution is 2.50. The summed E-state index contributed by atoms with van der Waals surface area (Å²) in [5.74, 6) is -2.19. The standard InChI is InChI=1S/C15H22N2O6S/c1-7(18)9-11(19)17-10(8(5-16)24-12(9)17)13(20)22-6-23-14(21)15(2,3)4/h7,9,12,18H,5-6,16H2,1-4H3/t7-,9+,12-/m1/s1. The van der Waals surface area contributed by atoms with Gasteiger partial charge in [0.25, 0.3) is 0 Å². The molecule has 3 atom stereocenters. The van der Waals surface area contributed by atoms with Gasteiger partial charge in [0.05, 0.1) is 17.4 Å². The van der Waals surface area contributed by atoms with Gasteiger partial charge in [-0.1, -0.05) is 0 Å². The second kappa shape index (κ2) is 6.73. The molecule has 2 aliphatic heterocycles. The highest BCUT2D eigenvalue weighted by molar-refractivity contribution is 8.04. The Morgan fingerprint density at radius 1 is 1.38 bits per heavy atom. The van der Waals surface area contributed by atoms with E-state index in [1.165, 1.54) is 23.6 Å². The number of hydrogen-bond donors (Lipinski definition) is 2. The maximum absolute atomic E-state index is 12.3. The first-order valence-corrected chi connectivity index (χ1v) is 8.43. The third-order valence-electron chi connectivity index (χ3n) is 3.74. The molecule has 0 saturated carbocycles. The summed E-state index contributed by atoms with van der Waals surface area (Å²) in [4.78, 5) is 37.9. The predicted octanol–water partition coefficient (Wildman–Crippen LogP) is 0.159. The van der Waals surface area contributed by atoms with Crippen LogP contribution in [0.1, 0.15) is 27.7 Å². The fourth-order valence-corrected chi connectivity index (χ4v) is 3.89. The first kappa shape index (κ1) is 18.8. The van der Waals surface area contributed by atoms with Crippen molar-refractivity contribution in [3.05, 3.63) is 10.6 Å². The number of carbonyl (C=O) groups excluding carboxylic acids is 3. The van der Waals surface area contributed by atoms with Crippen molar-refractivity contribution in [1.82, 2.24) is 4.90 Å². The minimum atomic E-state index is -0.812. The maximum atomic E-state index is 12.3. The number of nitrogens with two attached hydrogens (primary N) is 1. The number of amides is 1. The number of thioether (sulfide) groups is 1. The van der Waals surface area contributed by atoms with Crippen molar-refractivity contribution in [1.29, 1.82) is 0 Å². The minimum absolute atomic E-state index is 0.0706. The summed E-state index contributed by atoms with van der Waals surface area (Å²) in [7, 11) is 0. The predicted molar refractivity (Wildman–Crippen MR) is 86.0 cm³/mol. The number of hydrogen-bond acceptors (Lipinski definition) is 8. The zero-order valence-electron chi connectivity index (χ0n) is 14.1. The molecule has 0 aromatic carbocycles. The SMILES string of the molecule is C[C@@H](O)[C@H]1C(=O)N2C(C(=O)OCOC(=O)C(C)(C)C)=C(CN)S[C@H]12. The fraction of sp³-hybridized carbons (Fsp3) is 0.667. The van der Waals surface area contributed by atoms with E-state index in [2.05, 4.69) is 0 Å². The maximum Gasteiger partial charge on any atom is 0.358 e. The van der Waals surface area contributed by atoms with E-state index >= 15 is 0 Å². The molecule has 0 aromatic rings. The minimum Gasteiger partial charge on any atom is -0.427 e. The van der Waals surface area contributed by atoms with Gasteiger partial charge in [-0.3, -0.25) is 14.5 Å². The highest BCUT2D eigenvalue weighted by Gasteiger charge is 2.57. The van der Waals surface area contributed by atoms with Crippen molar-refractivity contribution in [3.8, 4) is 0 Å². The number of esters is 2. The number of fused-ring (bicyclic) bond motifs is 1. The molecule has 0 spiro atoms. The van der Waals surface area contributed by atoms with Crippen LogP contribution in [0.5, 0.6) is 0 Å². The van der Waals surface area contributed by atoms with Crippen molar-refractivity contribution in [2.75, 3.05) is 13.3 Å². The van der Waals surface area contributed by atoms with E-state index < -0.39 is 36.2 Å². The fourth-order valence-electron chi connectivity index (χ4n) is 2.41. The van der Waals surface area contributed by atoms with Crippen LogP contribution in [0.4, 0.5) is 0 Å². The Morgan fingerprint density at radius 3 is 2.50 bits per heavy atom. The second-order valence-corrected chi connectivity index (χ2v) is 7.90. The third kappa shape index (κ3) is 3.28. The van der Waals surface area contributed by atoms with Crippen LogP contribution in [0.25, 0.3) is 0 Å². The second-order valence-electron chi connectivity index (χ2n) is 6.69. The number of β-lactam (4-membered cyclic amide) rings is 1. The van der Waals surface area contributed by atoms with Crippen LogP contribution < -0.4 is 5.73 Å². The molecule has 1 amide bonds. The average molecular weight is 358 g/mol. The Bertz CT molecular complexity index is 595. The molecule has 0 radical (unpaired) electrons. The Kier molecular flexibility index (Phi) is 5.26. The number of nitrogens with zero attached hydrogens (tertiary/aromatic N) is 1. The first-order chi connectivity index (χ1) is 11.1. The lowest BCUT2D eigenvalue weighted by atomic mass is 9.92. The van der Waals surface area contributed by atoms with Crippen LogP contribution in [0, 0.1) is 11.3 Å². The molecule has 0 unspecified atom stereocenters. The van der Waals surface area contributed by atoms with Gasteiger partial charge < -0.3 is 20.3 Å². The summed E-state index contributed by atoms with van der Waals surface area (Å²) in [6, 6.07) is 0. The van der Waals surface area contributed by atoms with E-state index in [0.29, 0.717) is 4.91 Å². The Morgan fingerprint density at radius 2 is 2.00 bits per heavy atom. The molecular formula is C15H22N2O6S.